The van der Waals surface area contributed by atoms with Crippen LogP contribution in [0.15, 0.2) is 77.7 Å². The quantitative estimate of drug-likeness (QED) is 0.203. The molecule has 0 fully saturated rings. The zero-order chi connectivity index (χ0) is 21.7. The predicted octanol–water partition coefficient (Wildman–Crippen LogP) is 2.43. The van der Waals surface area contributed by atoms with E-state index in [0.717, 1.165) is 0 Å². The Balaban J connectivity index is 1.66. The number of anilines is 2. The Kier molecular flexibility index (Phi) is 6.00. The number of urea groups is 1. The summed E-state index contributed by atoms with van der Waals surface area (Å²) < 4.78 is 23.5. The molecule has 30 heavy (non-hydrogen) atoms. The Bertz CT molecular complexity index is 1190. The molecule has 10 heteroatoms. The fourth-order valence-electron chi connectivity index (χ4n) is 2.74. The highest BCUT2D eigenvalue weighted by Gasteiger charge is 2.14. The summed E-state index contributed by atoms with van der Waals surface area (Å²) in [6, 6.07) is 19.3. The monoisotopic (exact) mass is 424 g/mol. The van der Waals surface area contributed by atoms with Crippen LogP contribution >= 0.6 is 0 Å². The summed E-state index contributed by atoms with van der Waals surface area (Å²) in [4.78, 5) is 12.1. The lowest BCUT2D eigenvalue weighted by Gasteiger charge is -2.12. The molecule has 0 bridgehead atoms. The van der Waals surface area contributed by atoms with Crippen molar-refractivity contribution >= 4 is 33.3 Å². The maximum Gasteiger partial charge on any atom is 0.337 e. The third kappa shape index (κ3) is 5.13. The van der Waals surface area contributed by atoms with Gasteiger partial charge in [-0.2, -0.15) is 0 Å². The lowest BCUT2D eigenvalue weighted by Crippen LogP contribution is -2.33. The van der Waals surface area contributed by atoms with Crippen LogP contribution in [0.25, 0.3) is 11.1 Å². The summed E-state index contributed by atoms with van der Waals surface area (Å²) in [7, 11) is -3.86. The van der Waals surface area contributed by atoms with Gasteiger partial charge in [-0.1, -0.05) is 42.5 Å². The number of nitrogen functional groups attached to an aromatic ring is 1. The van der Waals surface area contributed by atoms with Crippen molar-refractivity contribution < 1.29 is 13.2 Å². The average Bonchev–Trinajstić information content (AvgIpc) is 2.72. The van der Waals surface area contributed by atoms with Gasteiger partial charge in [-0.15, -0.1) is 0 Å². The van der Waals surface area contributed by atoms with Crippen LogP contribution in [-0.2, 0) is 10.0 Å². The predicted molar refractivity (Wildman–Crippen MR) is 116 cm³/mol. The number of nitrogens with one attached hydrogen (secondary N) is 4. The maximum atomic E-state index is 12.1. The average molecular weight is 424 g/mol. The van der Waals surface area contributed by atoms with Crippen LogP contribution in [0.5, 0.6) is 0 Å². The molecule has 0 aliphatic carbocycles. The van der Waals surface area contributed by atoms with Gasteiger partial charge in [-0.05, 0) is 35.9 Å². The molecule has 0 atom stereocenters. The normalized spacial score (nSPS) is 10.8. The van der Waals surface area contributed by atoms with Crippen molar-refractivity contribution in [3.63, 3.8) is 0 Å². The summed E-state index contributed by atoms with van der Waals surface area (Å²) in [5.41, 5.74) is 13.4. The third-order valence-electron chi connectivity index (χ3n) is 4.14. The number of hydrazine groups is 1. The molecule has 9 nitrogen and oxygen atoms in total. The lowest BCUT2D eigenvalue weighted by molar-refractivity contribution is 0.254. The third-order valence-corrected chi connectivity index (χ3v) is 5.11. The van der Waals surface area contributed by atoms with Gasteiger partial charge in [0.15, 0.2) is 0 Å². The minimum absolute atomic E-state index is 0.0282. The molecule has 154 valence electrons. The van der Waals surface area contributed by atoms with Gasteiger partial charge in [-0.3, -0.25) is 16.3 Å². The van der Waals surface area contributed by atoms with Gasteiger partial charge >= 0.3 is 6.03 Å². The van der Waals surface area contributed by atoms with Crippen molar-refractivity contribution in [2.45, 2.75) is 4.90 Å². The van der Waals surface area contributed by atoms with Crippen LogP contribution < -0.4 is 27.0 Å². The van der Waals surface area contributed by atoms with Crippen molar-refractivity contribution in [3.05, 3.63) is 78.4 Å². The van der Waals surface area contributed by atoms with Crippen LogP contribution in [-0.4, -0.2) is 20.3 Å². The molecule has 0 unspecified atom stereocenters. The molecule has 0 heterocycles. The molecular formula is C20H20N6O3S. The number of primary sulfonamides is 1. The zero-order valence-electron chi connectivity index (χ0n) is 15.7. The van der Waals surface area contributed by atoms with Crippen molar-refractivity contribution in [1.82, 2.24) is 5.43 Å². The lowest BCUT2D eigenvalue weighted by atomic mass is 10.1. The van der Waals surface area contributed by atoms with E-state index >= 15 is 0 Å². The maximum absolute atomic E-state index is 12.1. The standard InChI is InChI=1S/C20H20N6O3S/c21-19(22)14-4-3-5-16(12-14)25-26-20(27)24-15-10-8-13(9-11-15)17-6-1-2-7-18(17)30(23,28)29/h1-12,25H,(H3,21,22)(H2,23,28,29)(H2,24,26,27). The molecule has 0 radical (unpaired) electrons. The van der Waals surface area contributed by atoms with Crippen molar-refractivity contribution in [2.75, 3.05) is 10.7 Å². The number of hydrogen-bond donors (Lipinski definition) is 6. The molecular weight excluding hydrogens is 404 g/mol. The van der Waals surface area contributed by atoms with E-state index in [1.807, 2.05) is 0 Å². The SMILES string of the molecule is N=C(N)c1cccc(NNC(=O)Nc2ccc(-c3ccccc3S(N)(=O)=O)cc2)c1. The molecule has 0 saturated heterocycles. The van der Waals surface area contributed by atoms with Crippen LogP contribution in [0.1, 0.15) is 5.56 Å². The number of rotatable bonds is 6. The number of benzene rings is 3. The number of amidine groups is 1. The first kappa shape index (κ1) is 20.8. The smallest absolute Gasteiger partial charge is 0.337 e. The second kappa shape index (κ2) is 8.64. The molecule has 0 aliphatic rings. The Hall–Kier alpha value is -3.89. The molecule has 0 spiro atoms. The summed E-state index contributed by atoms with van der Waals surface area (Å²) in [5.74, 6) is -0.0767. The minimum Gasteiger partial charge on any atom is -0.384 e. The molecule has 0 aliphatic heterocycles. The van der Waals surface area contributed by atoms with Gasteiger partial charge < -0.3 is 11.1 Å². The molecule has 0 saturated carbocycles. The van der Waals surface area contributed by atoms with E-state index in [4.69, 9.17) is 16.3 Å². The van der Waals surface area contributed by atoms with Gasteiger partial charge in [0.25, 0.3) is 0 Å². The minimum atomic E-state index is -3.86. The number of amides is 2. The van der Waals surface area contributed by atoms with E-state index in [9.17, 15) is 13.2 Å². The first-order chi connectivity index (χ1) is 14.2. The summed E-state index contributed by atoms with van der Waals surface area (Å²) in [6.07, 6.45) is 0. The Labute approximate surface area is 173 Å². The summed E-state index contributed by atoms with van der Waals surface area (Å²) >= 11 is 0. The van der Waals surface area contributed by atoms with Gasteiger partial charge in [0.1, 0.15) is 5.84 Å². The highest BCUT2D eigenvalue weighted by Crippen LogP contribution is 2.27. The van der Waals surface area contributed by atoms with Crippen LogP contribution in [0.3, 0.4) is 0 Å². The molecule has 0 aromatic heterocycles. The van der Waals surface area contributed by atoms with Crippen LogP contribution in [0.2, 0.25) is 0 Å². The highest BCUT2D eigenvalue weighted by molar-refractivity contribution is 7.89. The topological polar surface area (TPSA) is 163 Å². The molecule has 8 N–H and O–H groups in total. The second-order valence-electron chi connectivity index (χ2n) is 6.32. The van der Waals surface area contributed by atoms with E-state index in [1.54, 1.807) is 66.7 Å². The van der Waals surface area contributed by atoms with Crippen molar-refractivity contribution in [2.24, 2.45) is 10.9 Å². The van der Waals surface area contributed by atoms with Crippen molar-refractivity contribution in [3.8, 4) is 11.1 Å². The number of nitrogens with two attached hydrogens (primary N) is 2. The van der Waals surface area contributed by atoms with Crippen molar-refractivity contribution in [1.29, 1.82) is 5.41 Å². The summed E-state index contributed by atoms with van der Waals surface area (Å²) in [6.45, 7) is 0. The van der Waals surface area contributed by atoms with E-state index < -0.39 is 16.1 Å². The Morgan fingerprint density at radius 1 is 0.900 bits per heavy atom. The fourth-order valence-corrected chi connectivity index (χ4v) is 3.50. The summed E-state index contributed by atoms with van der Waals surface area (Å²) in [5, 5.41) is 15.4. The first-order valence-corrected chi connectivity index (χ1v) is 10.3. The Morgan fingerprint density at radius 2 is 1.60 bits per heavy atom. The molecule has 2 amide bonds. The van der Waals surface area contributed by atoms with Gasteiger partial charge in [-0.25, -0.2) is 18.4 Å². The zero-order valence-corrected chi connectivity index (χ0v) is 16.5. The van der Waals surface area contributed by atoms with E-state index in [0.29, 0.717) is 28.1 Å². The molecule has 3 rings (SSSR count). The van der Waals surface area contributed by atoms with Gasteiger partial charge in [0.2, 0.25) is 10.0 Å². The first-order valence-electron chi connectivity index (χ1n) is 8.74. The van der Waals surface area contributed by atoms with E-state index in [-0.39, 0.29) is 10.7 Å². The molecule has 3 aromatic rings. The number of sulfonamides is 1. The number of carbonyl (C=O) groups excluding carboxylic acids is 1. The van der Waals surface area contributed by atoms with Crippen LogP contribution in [0.4, 0.5) is 16.2 Å². The largest absolute Gasteiger partial charge is 0.384 e. The fraction of sp³-hybridized carbons (Fsp3) is 0. The van der Waals surface area contributed by atoms with Gasteiger partial charge in [0, 0.05) is 16.8 Å². The number of carbonyl (C=O) groups is 1. The number of hydrogen-bond acceptors (Lipinski definition) is 5. The van der Waals surface area contributed by atoms with E-state index in [2.05, 4.69) is 16.2 Å². The van der Waals surface area contributed by atoms with E-state index in [1.165, 1.54) is 6.07 Å². The Morgan fingerprint density at radius 3 is 2.27 bits per heavy atom. The van der Waals surface area contributed by atoms with Gasteiger partial charge in [0.05, 0.1) is 10.6 Å². The molecule has 3 aromatic carbocycles. The highest BCUT2D eigenvalue weighted by atomic mass is 32.2. The van der Waals surface area contributed by atoms with Crippen LogP contribution in [0, 0.1) is 5.41 Å². The second-order valence-corrected chi connectivity index (χ2v) is 7.85.